The van der Waals surface area contributed by atoms with Crippen molar-refractivity contribution < 1.29 is 5.11 Å². The predicted octanol–water partition coefficient (Wildman–Crippen LogP) is 4.12. The molecule has 0 aliphatic carbocycles. The Bertz CT molecular complexity index is 825. The van der Waals surface area contributed by atoms with Gasteiger partial charge in [-0.1, -0.05) is 63.2 Å². The normalized spacial score (nSPS) is 13.0. The molecule has 4 heteroatoms. The van der Waals surface area contributed by atoms with Crippen LogP contribution >= 0.6 is 0 Å². The monoisotopic (exact) mass is 321 g/mol. The van der Waals surface area contributed by atoms with Crippen LogP contribution in [0.3, 0.4) is 0 Å². The first-order valence-electron chi connectivity index (χ1n) is 8.19. The number of hydrogen-bond donors (Lipinski definition) is 2. The largest absolute Gasteiger partial charge is 0.391 e. The lowest BCUT2D eigenvalue weighted by atomic mass is 9.89. The summed E-state index contributed by atoms with van der Waals surface area (Å²) in [4.78, 5) is 9.36. The lowest BCUT2D eigenvalue weighted by molar-refractivity contribution is 0.0745. The zero-order chi connectivity index (χ0) is 17.2. The number of benzene rings is 2. The summed E-state index contributed by atoms with van der Waals surface area (Å²) >= 11 is 0. The van der Waals surface area contributed by atoms with Gasteiger partial charge in [-0.15, -0.1) is 0 Å². The molecular weight excluding hydrogens is 298 g/mol. The van der Waals surface area contributed by atoms with Gasteiger partial charge in [0.15, 0.2) is 5.82 Å². The molecule has 3 rings (SSSR count). The lowest BCUT2D eigenvalue weighted by Gasteiger charge is -2.26. The van der Waals surface area contributed by atoms with E-state index < -0.39 is 6.10 Å². The summed E-state index contributed by atoms with van der Waals surface area (Å²) in [5.41, 5.74) is 1.68. The molecule has 0 aliphatic rings. The third kappa shape index (κ3) is 3.54. The van der Waals surface area contributed by atoms with Gasteiger partial charge in [0.25, 0.3) is 0 Å². The molecule has 1 heterocycles. The number of fused-ring (bicyclic) bond motifs is 1. The molecular formula is C20H23N3O. The summed E-state index contributed by atoms with van der Waals surface area (Å²) < 4.78 is 0. The number of nitrogens with one attached hydrogen (secondary N) is 1. The van der Waals surface area contributed by atoms with Gasteiger partial charge in [-0.3, -0.25) is 0 Å². The average Bonchev–Trinajstić information content (AvgIpc) is 2.59. The van der Waals surface area contributed by atoms with Gasteiger partial charge in [0.05, 0.1) is 11.6 Å². The number of hydrogen-bond acceptors (Lipinski definition) is 4. The summed E-state index contributed by atoms with van der Waals surface area (Å²) in [6.07, 6.45) is -0.466. The van der Waals surface area contributed by atoms with Crippen LogP contribution in [0.1, 0.15) is 20.8 Å². The highest BCUT2D eigenvalue weighted by atomic mass is 16.3. The summed E-state index contributed by atoms with van der Waals surface area (Å²) in [7, 11) is 0. The molecule has 24 heavy (non-hydrogen) atoms. The van der Waals surface area contributed by atoms with Crippen molar-refractivity contribution in [2.24, 2.45) is 5.41 Å². The Hall–Kier alpha value is -2.46. The molecule has 124 valence electrons. The van der Waals surface area contributed by atoms with Gasteiger partial charge < -0.3 is 10.4 Å². The summed E-state index contributed by atoms with van der Waals surface area (Å²) in [5, 5.41) is 14.6. The minimum absolute atomic E-state index is 0.182. The van der Waals surface area contributed by atoms with Crippen molar-refractivity contribution in [1.82, 2.24) is 9.97 Å². The molecule has 3 aromatic rings. The Labute approximate surface area is 142 Å². The first-order valence-corrected chi connectivity index (χ1v) is 8.19. The fourth-order valence-electron chi connectivity index (χ4n) is 2.43. The number of nitrogens with zero attached hydrogens (tertiary/aromatic N) is 2. The topological polar surface area (TPSA) is 58.0 Å². The number of aliphatic hydroxyl groups is 1. The zero-order valence-electron chi connectivity index (χ0n) is 14.3. The van der Waals surface area contributed by atoms with E-state index in [4.69, 9.17) is 4.98 Å². The number of para-hydroxylation sites is 1. The molecule has 0 aliphatic heterocycles. The van der Waals surface area contributed by atoms with Gasteiger partial charge in [-0.05, 0) is 17.5 Å². The summed E-state index contributed by atoms with van der Waals surface area (Å²) in [6, 6.07) is 17.8. The molecule has 0 amide bonds. The van der Waals surface area contributed by atoms with Crippen LogP contribution in [0.15, 0.2) is 54.6 Å². The summed E-state index contributed by atoms with van der Waals surface area (Å²) in [6.45, 7) is 6.51. The van der Waals surface area contributed by atoms with E-state index in [1.54, 1.807) is 0 Å². The molecule has 0 saturated heterocycles. The Morgan fingerprint density at radius 3 is 2.33 bits per heavy atom. The first kappa shape index (κ1) is 16.4. The van der Waals surface area contributed by atoms with Gasteiger partial charge >= 0.3 is 0 Å². The molecule has 2 aromatic carbocycles. The van der Waals surface area contributed by atoms with Crippen molar-refractivity contribution in [3.8, 4) is 11.4 Å². The maximum absolute atomic E-state index is 10.3. The van der Waals surface area contributed by atoms with Crippen molar-refractivity contribution in [1.29, 1.82) is 0 Å². The van der Waals surface area contributed by atoms with E-state index in [9.17, 15) is 5.11 Å². The minimum Gasteiger partial charge on any atom is -0.391 e. The van der Waals surface area contributed by atoms with Crippen molar-refractivity contribution >= 4 is 16.7 Å². The van der Waals surface area contributed by atoms with E-state index in [0.717, 1.165) is 22.3 Å². The van der Waals surface area contributed by atoms with E-state index in [2.05, 4.69) is 10.3 Å². The SMILES string of the molecule is CC(C)(C)C(O)CNc1nc(-c2ccccc2)nc2ccccc12. The predicted molar refractivity (Wildman–Crippen MR) is 98.9 cm³/mol. The van der Waals surface area contributed by atoms with Gasteiger partial charge in [0.2, 0.25) is 0 Å². The van der Waals surface area contributed by atoms with E-state index in [0.29, 0.717) is 12.4 Å². The molecule has 1 atom stereocenters. The Balaban J connectivity index is 1.99. The maximum atomic E-state index is 10.3. The van der Waals surface area contributed by atoms with Crippen molar-refractivity contribution in [2.75, 3.05) is 11.9 Å². The highest BCUT2D eigenvalue weighted by Crippen LogP contribution is 2.26. The molecule has 4 nitrogen and oxygen atoms in total. The maximum Gasteiger partial charge on any atom is 0.162 e. The summed E-state index contributed by atoms with van der Waals surface area (Å²) in [5.74, 6) is 1.44. The van der Waals surface area contributed by atoms with Gasteiger partial charge in [-0.2, -0.15) is 0 Å². The van der Waals surface area contributed by atoms with Crippen LogP contribution in [0.2, 0.25) is 0 Å². The Morgan fingerprint density at radius 1 is 0.958 bits per heavy atom. The molecule has 0 spiro atoms. The number of aromatic nitrogens is 2. The van der Waals surface area contributed by atoms with Gasteiger partial charge in [0, 0.05) is 17.5 Å². The number of rotatable bonds is 4. The van der Waals surface area contributed by atoms with Crippen LogP contribution in [0, 0.1) is 5.41 Å². The third-order valence-electron chi connectivity index (χ3n) is 4.10. The van der Waals surface area contributed by atoms with Crippen molar-refractivity contribution in [2.45, 2.75) is 26.9 Å². The average molecular weight is 321 g/mol. The molecule has 1 unspecified atom stereocenters. The Morgan fingerprint density at radius 2 is 1.62 bits per heavy atom. The van der Waals surface area contributed by atoms with Crippen LogP contribution < -0.4 is 5.32 Å². The molecule has 0 bridgehead atoms. The smallest absolute Gasteiger partial charge is 0.162 e. The van der Waals surface area contributed by atoms with E-state index in [-0.39, 0.29) is 5.41 Å². The number of aliphatic hydroxyl groups excluding tert-OH is 1. The third-order valence-corrected chi connectivity index (χ3v) is 4.10. The lowest BCUT2D eigenvalue weighted by Crippen LogP contribution is -2.33. The van der Waals surface area contributed by atoms with Crippen molar-refractivity contribution in [3.05, 3.63) is 54.6 Å². The van der Waals surface area contributed by atoms with Crippen LogP contribution in [-0.2, 0) is 0 Å². The standard InChI is InChI=1S/C20H23N3O/c1-20(2,3)17(24)13-21-19-15-11-7-8-12-16(15)22-18(23-19)14-9-5-4-6-10-14/h4-12,17,24H,13H2,1-3H3,(H,21,22,23). The second-order valence-electron chi connectivity index (χ2n) is 7.04. The number of anilines is 1. The van der Waals surface area contributed by atoms with Crippen molar-refractivity contribution in [3.63, 3.8) is 0 Å². The highest BCUT2D eigenvalue weighted by molar-refractivity contribution is 5.90. The molecule has 0 radical (unpaired) electrons. The Kier molecular flexibility index (Phi) is 4.49. The quantitative estimate of drug-likeness (QED) is 0.759. The zero-order valence-corrected chi connectivity index (χ0v) is 14.3. The molecule has 1 aromatic heterocycles. The first-order chi connectivity index (χ1) is 11.4. The van der Waals surface area contributed by atoms with E-state index >= 15 is 0 Å². The highest BCUT2D eigenvalue weighted by Gasteiger charge is 2.22. The van der Waals surface area contributed by atoms with E-state index in [1.165, 1.54) is 0 Å². The molecule has 0 saturated carbocycles. The van der Waals surface area contributed by atoms with Crippen LogP contribution in [-0.4, -0.2) is 27.7 Å². The fraction of sp³-hybridized carbons (Fsp3) is 0.300. The van der Waals surface area contributed by atoms with Crippen LogP contribution in [0.5, 0.6) is 0 Å². The van der Waals surface area contributed by atoms with Gasteiger partial charge in [-0.25, -0.2) is 9.97 Å². The second kappa shape index (κ2) is 6.57. The van der Waals surface area contributed by atoms with Crippen LogP contribution in [0.25, 0.3) is 22.3 Å². The minimum atomic E-state index is -0.466. The molecule has 0 fully saturated rings. The van der Waals surface area contributed by atoms with E-state index in [1.807, 2.05) is 75.4 Å². The second-order valence-corrected chi connectivity index (χ2v) is 7.04. The fourth-order valence-corrected chi connectivity index (χ4v) is 2.43. The molecule has 2 N–H and O–H groups in total. The van der Waals surface area contributed by atoms with Gasteiger partial charge in [0.1, 0.15) is 5.82 Å². The van der Waals surface area contributed by atoms with Crippen LogP contribution in [0.4, 0.5) is 5.82 Å².